The topological polar surface area (TPSA) is 78.1 Å². The highest BCUT2D eigenvalue weighted by molar-refractivity contribution is 7.07. The maximum absolute atomic E-state index is 9.40. The predicted octanol–water partition coefficient (Wildman–Crippen LogP) is 2.97. The quantitative estimate of drug-likeness (QED) is 0.604. The standard InChI is InChI=1S/C9H7N3O2S/c13-7-3-1-2-6(9(7)14)11-12-8-4-15-5-10-8/h1-5,13-14H. The molecule has 1 aromatic carbocycles. The van der Waals surface area contributed by atoms with Crippen LogP contribution in [0.3, 0.4) is 0 Å². The first-order chi connectivity index (χ1) is 7.27. The van der Waals surface area contributed by atoms with Crippen LogP contribution < -0.4 is 0 Å². The number of nitrogens with zero attached hydrogens (tertiary/aromatic N) is 3. The molecule has 0 bridgehead atoms. The minimum atomic E-state index is -0.281. The Labute approximate surface area is 89.4 Å². The number of benzene rings is 1. The molecule has 0 spiro atoms. The minimum Gasteiger partial charge on any atom is -0.504 e. The van der Waals surface area contributed by atoms with Gasteiger partial charge in [0, 0.05) is 5.38 Å². The maximum atomic E-state index is 9.40. The number of hydrogen-bond acceptors (Lipinski definition) is 6. The molecule has 2 rings (SSSR count). The van der Waals surface area contributed by atoms with E-state index in [1.165, 1.54) is 17.4 Å². The van der Waals surface area contributed by atoms with Gasteiger partial charge in [0.25, 0.3) is 0 Å². The molecule has 0 unspecified atom stereocenters. The Morgan fingerprint density at radius 1 is 1.20 bits per heavy atom. The molecule has 2 N–H and O–H groups in total. The van der Waals surface area contributed by atoms with Crippen molar-refractivity contribution in [1.29, 1.82) is 0 Å². The molecular weight excluding hydrogens is 214 g/mol. The van der Waals surface area contributed by atoms with Crippen LogP contribution in [0.25, 0.3) is 0 Å². The van der Waals surface area contributed by atoms with Gasteiger partial charge in [-0.15, -0.1) is 21.6 Å². The van der Waals surface area contributed by atoms with Crippen LogP contribution in [0.1, 0.15) is 0 Å². The van der Waals surface area contributed by atoms with Crippen molar-refractivity contribution in [3.63, 3.8) is 0 Å². The summed E-state index contributed by atoms with van der Waals surface area (Å²) in [6.45, 7) is 0. The van der Waals surface area contributed by atoms with E-state index in [-0.39, 0.29) is 17.2 Å². The molecule has 0 aliphatic carbocycles. The monoisotopic (exact) mass is 221 g/mol. The fourth-order valence-corrected chi connectivity index (χ4v) is 1.42. The Balaban J connectivity index is 2.28. The van der Waals surface area contributed by atoms with Gasteiger partial charge in [-0.2, -0.15) is 0 Å². The normalized spacial score (nSPS) is 10.9. The zero-order chi connectivity index (χ0) is 10.7. The van der Waals surface area contributed by atoms with Crippen molar-refractivity contribution in [3.8, 4) is 11.5 Å². The highest BCUT2D eigenvalue weighted by atomic mass is 32.1. The lowest BCUT2D eigenvalue weighted by Gasteiger charge is -1.98. The number of azo groups is 1. The van der Waals surface area contributed by atoms with E-state index in [0.29, 0.717) is 5.82 Å². The minimum absolute atomic E-state index is 0.211. The van der Waals surface area contributed by atoms with Gasteiger partial charge in [-0.1, -0.05) is 6.07 Å². The van der Waals surface area contributed by atoms with Crippen LogP contribution in [0, 0.1) is 0 Å². The molecular formula is C9H7N3O2S. The molecule has 0 fully saturated rings. The van der Waals surface area contributed by atoms with Crippen molar-refractivity contribution in [2.24, 2.45) is 10.2 Å². The van der Waals surface area contributed by atoms with E-state index >= 15 is 0 Å². The van der Waals surface area contributed by atoms with Gasteiger partial charge in [-0.05, 0) is 12.1 Å². The number of rotatable bonds is 2. The summed E-state index contributed by atoms with van der Waals surface area (Å²) in [4.78, 5) is 3.90. The number of para-hydroxylation sites is 1. The fourth-order valence-electron chi connectivity index (χ4n) is 0.961. The molecule has 0 aliphatic heterocycles. The Kier molecular flexibility index (Phi) is 2.59. The molecule has 0 saturated carbocycles. The molecule has 0 saturated heterocycles. The van der Waals surface area contributed by atoms with E-state index in [4.69, 9.17) is 0 Å². The van der Waals surface area contributed by atoms with Crippen LogP contribution in [0.15, 0.2) is 39.3 Å². The zero-order valence-electron chi connectivity index (χ0n) is 7.53. The Morgan fingerprint density at radius 2 is 2.07 bits per heavy atom. The van der Waals surface area contributed by atoms with Gasteiger partial charge in [-0.3, -0.25) is 0 Å². The smallest absolute Gasteiger partial charge is 0.185 e. The third-order valence-corrected chi connectivity index (χ3v) is 2.25. The van der Waals surface area contributed by atoms with Crippen LogP contribution in [0.4, 0.5) is 11.5 Å². The van der Waals surface area contributed by atoms with Gasteiger partial charge in [0.2, 0.25) is 0 Å². The molecule has 1 heterocycles. The Morgan fingerprint density at radius 3 is 2.80 bits per heavy atom. The van der Waals surface area contributed by atoms with E-state index in [1.807, 2.05) is 0 Å². The highest BCUT2D eigenvalue weighted by Gasteiger charge is 2.04. The molecule has 6 heteroatoms. The number of hydrogen-bond donors (Lipinski definition) is 2. The maximum Gasteiger partial charge on any atom is 0.185 e. The lowest BCUT2D eigenvalue weighted by molar-refractivity contribution is 0.404. The molecule has 5 nitrogen and oxygen atoms in total. The third kappa shape index (κ3) is 2.10. The first-order valence-electron chi connectivity index (χ1n) is 4.08. The number of phenolic OH excluding ortho intramolecular Hbond substituents is 2. The fraction of sp³-hybridized carbons (Fsp3) is 0. The summed E-state index contributed by atoms with van der Waals surface area (Å²) in [5.41, 5.74) is 1.85. The second-order valence-corrected chi connectivity index (χ2v) is 3.41. The van der Waals surface area contributed by atoms with Crippen LogP contribution in [0.5, 0.6) is 11.5 Å². The van der Waals surface area contributed by atoms with Crippen molar-refractivity contribution < 1.29 is 10.2 Å². The van der Waals surface area contributed by atoms with Crippen molar-refractivity contribution in [2.45, 2.75) is 0 Å². The average Bonchev–Trinajstić information content (AvgIpc) is 2.73. The second kappa shape index (κ2) is 4.05. The van der Waals surface area contributed by atoms with Gasteiger partial charge in [0.05, 0.1) is 5.51 Å². The van der Waals surface area contributed by atoms with Crippen molar-refractivity contribution in [2.75, 3.05) is 0 Å². The molecule has 1 aromatic heterocycles. The van der Waals surface area contributed by atoms with E-state index in [2.05, 4.69) is 15.2 Å². The van der Waals surface area contributed by atoms with Crippen molar-refractivity contribution in [3.05, 3.63) is 29.1 Å². The van der Waals surface area contributed by atoms with Gasteiger partial charge in [0.15, 0.2) is 17.3 Å². The Bertz CT molecular complexity index is 482. The van der Waals surface area contributed by atoms with Crippen molar-refractivity contribution in [1.82, 2.24) is 4.98 Å². The average molecular weight is 221 g/mol. The summed E-state index contributed by atoms with van der Waals surface area (Å²) in [6, 6.07) is 4.49. The van der Waals surface area contributed by atoms with Crippen molar-refractivity contribution >= 4 is 22.8 Å². The van der Waals surface area contributed by atoms with E-state index in [0.717, 1.165) is 0 Å². The molecule has 0 radical (unpaired) electrons. The Hall–Kier alpha value is -1.95. The molecule has 0 amide bonds. The summed E-state index contributed by atoms with van der Waals surface area (Å²) >= 11 is 1.41. The molecule has 0 atom stereocenters. The molecule has 76 valence electrons. The lowest BCUT2D eigenvalue weighted by atomic mass is 10.3. The van der Waals surface area contributed by atoms with Gasteiger partial charge in [0.1, 0.15) is 5.69 Å². The van der Waals surface area contributed by atoms with E-state index in [9.17, 15) is 10.2 Å². The zero-order valence-corrected chi connectivity index (χ0v) is 8.35. The second-order valence-electron chi connectivity index (χ2n) is 2.69. The van der Waals surface area contributed by atoms with Crippen LogP contribution in [-0.2, 0) is 0 Å². The summed E-state index contributed by atoms with van der Waals surface area (Å²) in [7, 11) is 0. The predicted molar refractivity (Wildman–Crippen MR) is 56.1 cm³/mol. The molecule has 0 aliphatic rings. The summed E-state index contributed by atoms with van der Waals surface area (Å²) in [5.74, 6) is -0.0241. The number of thiazole rings is 1. The van der Waals surface area contributed by atoms with Gasteiger partial charge in [-0.25, -0.2) is 4.98 Å². The first kappa shape index (κ1) is 9.60. The van der Waals surface area contributed by atoms with Crippen LogP contribution in [0.2, 0.25) is 0 Å². The van der Waals surface area contributed by atoms with Gasteiger partial charge >= 0.3 is 0 Å². The van der Waals surface area contributed by atoms with E-state index < -0.39 is 0 Å². The first-order valence-corrected chi connectivity index (χ1v) is 5.02. The largest absolute Gasteiger partial charge is 0.504 e. The third-order valence-electron chi connectivity index (χ3n) is 1.67. The summed E-state index contributed by atoms with van der Waals surface area (Å²) in [5, 5.41) is 27.9. The summed E-state index contributed by atoms with van der Waals surface area (Å²) in [6.07, 6.45) is 0. The number of aromatic hydroxyl groups is 2. The van der Waals surface area contributed by atoms with Gasteiger partial charge < -0.3 is 10.2 Å². The number of phenols is 2. The molecule has 15 heavy (non-hydrogen) atoms. The molecule has 2 aromatic rings. The van der Waals surface area contributed by atoms with Crippen LogP contribution in [-0.4, -0.2) is 15.2 Å². The highest BCUT2D eigenvalue weighted by Crippen LogP contribution is 2.35. The number of aromatic nitrogens is 1. The SMILES string of the molecule is Oc1cccc(N=Nc2cscn2)c1O. The summed E-state index contributed by atoms with van der Waals surface area (Å²) < 4.78 is 0. The lowest BCUT2D eigenvalue weighted by Crippen LogP contribution is -1.69. The van der Waals surface area contributed by atoms with E-state index in [1.54, 1.807) is 23.0 Å². The van der Waals surface area contributed by atoms with Crippen LogP contribution >= 0.6 is 11.3 Å².